The van der Waals surface area contributed by atoms with Gasteiger partial charge in [0.15, 0.2) is 0 Å². The zero-order valence-corrected chi connectivity index (χ0v) is 26.1. The van der Waals surface area contributed by atoms with Gasteiger partial charge in [-0.15, -0.1) is 81.2 Å². The molecule has 0 fully saturated rings. The van der Waals surface area contributed by atoms with Crippen molar-refractivity contribution >= 4 is 36.6 Å². The zero-order valence-electron chi connectivity index (χ0n) is 23.1. The Balaban J connectivity index is 0.000000256. The maximum atomic E-state index is 3.60. The molecule has 0 aliphatic heterocycles. The van der Waals surface area contributed by atoms with Gasteiger partial charge in [0.2, 0.25) is 0 Å². The van der Waals surface area contributed by atoms with Gasteiger partial charge in [0, 0.05) is 0 Å². The van der Waals surface area contributed by atoms with E-state index in [2.05, 4.69) is 144 Å². The van der Waals surface area contributed by atoms with Crippen molar-refractivity contribution in [2.45, 2.75) is 53.4 Å². The number of fused-ring (bicyclic) bond motifs is 2. The number of hydrogen-bond acceptors (Lipinski definition) is 0. The van der Waals surface area contributed by atoms with Crippen molar-refractivity contribution in [1.29, 1.82) is 0 Å². The molecule has 5 aromatic rings. The Morgan fingerprint density at radius 2 is 1.22 bits per heavy atom. The first-order chi connectivity index (χ1) is 17.5. The van der Waals surface area contributed by atoms with E-state index in [-0.39, 0.29) is 21.7 Å². The molecule has 0 nitrogen and oxygen atoms in total. The fourth-order valence-corrected chi connectivity index (χ4v) is 4.19. The third-order valence-electron chi connectivity index (χ3n) is 5.80. The summed E-state index contributed by atoms with van der Waals surface area (Å²) in [5.41, 5.74) is 4.08. The molecule has 37 heavy (non-hydrogen) atoms. The summed E-state index contributed by atoms with van der Waals surface area (Å²) in [5.74, 6) is 0. The molecular weight excluding hydrogens is 496 g/mol. The summed E-state index contributed by atoms with van der Waals surface area (Å²) in [5, 5.41) is 6.90. The molecule has 2 heteroatoms. The molecule has 0 bridgehead atoms. The van der Waals surface area contributed by atoms with Crippen molar-refractivity contribution in [2.75, 3.05) is 0 Å². The Morgan fingerprint density at radius 1 is 0.784 bits per heavy atom. The third-order valence-corrected chi connectivity index (χ3v) is 6.56. The van der Waals surface area contributed by atoms with Crippen LogP contribution < -0.4 is 0 Å². The average Bonchev–Trinajstić information content (AvgIpc) is 3.49. The molecule has 190 valence electrons. The van der Waals surface area contributed by atoms with Gasteiger partial charge in [-0.25, -0.2) is 0 Å². The minimum Gasteiger partial charge on any atom is -0.343 e. The third kappa shape index (κ3) is 12.2. The van der Waals surface area contributed by atoms with Gasteiger partial charge in [-0.3, -0.25) is 0 Å². The van der Waals surface area contributed by atoms with E-state index in [1.54, 1.807) is 0 Å². The maximum absolute atomic E-state index is 3.60. The molecule has 0 heterocycles. The standard InChI is InChI=1S/C11H15Si.2C10H9.C4H9.Ti/c1-2-3-9-11(12)10-7-5-4-6-8-10;2*1-8-6-9-4-2-3-5-10(9)7-8;1-3-4-2;/h2,4-8H,3,9,12H2,1H3;2*2-7H,1H3;1,3-4H2,2H3;/q4*-1;+4. The van der Waals surface area contributed by atoms with Gasteiger partial charge in [-0.2, -0.15) is 31.9 Å². The Hall–Kier alpha value is -2.32. The van der Waals surface area contributed by atoms with Crippen LogP contribution in [0.25, 0.3) is 21.5 Å². The summed E-state index contributed by atoms with van der Waals surface area (Å²) in [7, 11) is 2.00. The normalized spacial score (nSPS) is 9.65. The van der Waals surface area contributed by atoms with Crippen molar-refractivity contribution in [3.63, 3.8) is 0 Å². The van der Waals surface area contributed by atoms with Crippen LogP contribution in [0.5, 0.6) is 0 Å². The van der Waals surface area contributed by atoms with Gasteiger partial charge in [0.05, 0.1) is 0 Å². The van der Waals surface area contributed by atoms with Gasteiger partial charge in [-0.1, -0.05) is 81.2 Å². The van der Waals surface area contributed by atoms with E-state index in [4.69, 9.17) is 0 Å². The molecule has 0 saturated heterocycles. The number of hydrogen-bond donors (Lipinski definition) is 0. The molecule has 0 aromatic heterocycles. The van der Waals surface area contributed by atoms with Crippen LogP contribution in [0.1, 0.15) is 56.2 Å². The van der Waals surface area contributed by atoms with Gasteiger partial charge in [0.25, 0.3) is 0 Å². The monoisotopic (exact) mass is 538 g/mol. The molecule has 0 unspecified atom stereocenters. The van der Waals surface area contributed by atoms with Crippen LogP contribution >= 0.6 is 0 Å². The van der Waals surface area contributed by atoms with E-state index in [1.807, 2.05) is 9.85 Å². The second-order valence-corrected chi connectivity index (χ2v) is 9.95. The number of benzene rings is 3. The zero-order chi connectivity index (χ0) is 26.2. The Labute approximate surface area is 243 Å². The minimum atomic E-state index is 0. The molecule has 5 rings (SSSR count). The molecule has 0 saturated carbocycles. The number of rotatable bonds is 5. The summed E-state index contributed by atoms with van der Waals surface area (Å²) in [4.78, 5) is 0. The van der Waals surface area contributed by atoms with Crippen LogP contribution in [0.15, 0.2) is 103 Å². The topological polar surface area (TPSA) is 0 Å². The summed E-state index contributed by atoms with van der Waals surface area (Å²) < 4.78 is 0. The SMILES string of the molecule is C[CH-]CCC(=[SiH2])c1ccccc1.Cc1cc2ccccc2[cH-]1.Cc1cc2ccccc2[cH-]1.[CH2-]CCC.[Ti+4]. The van der Waals surface area contributed by atoms with Crippen LogP contribution in [-0.4, -0.2) is 15.0 Å². The van der Waals surface area contributed by atoms with E-state index in [0.29, 0.717) is 0 Å². The maximum Gasteiger partial charge on any atom is 4.00 e. The fraction of sp³-hybridized carbons (Fsp3) is 0.229. The molecular formula is C35H42SiTi. The van der Waals surface area contributed by atoms with Crippen LogP contribution in [0, 0.1) is 27.2 Å². The van der Waals surface area contributed by atoms with Gasteiger partial charge >= 0.3 is 21.7 Å². The Kier molecular flexibility index (Phi) is 16.7. The van der Waals surface area contributed by atoms with Crippen molar-refractivity contribution in [2.24, 2.45) is 0 Å². The van der Waals surface area contributed by atoms with Crippen molar-refractivity contribution in [3.05, 3.63) is 133 Å². The smallest absolute Gasteiger partial charge is 0.343 e. The van der Waals surface area contributed by atoms with Crippen LogP contribution in [0.2, 0.25) is 0 Å². The van der Waals surface area contributed by atoms with E-state index >= 15 is 0 Å². The summed E-state index contributed by atoms with van der Waals surface area (Å²) in [6, 6.07) is 36.3. The van der Waals surface area contributed by atoms with E-state index in [9.17, 15) is 0 Å². The summed E-state index contributed by atoms with van der Waals surface area (Å²) >= 11 is 0. The van der Waals surface area contributed by atoms with Gasteiger partial charge in [0.1, 0.15) is 0 Å². The first kappa shape index (κ1) is 32.7. The largest absolute Gasteiger partial charge is 4.00 e. The van der Waals surface area contributed by atoms with Crippen LogP contribution in [0.3, 0.4) is 0 Å². The fourth-order valence-electron chi connectivity index (χ4n) is 3.75. The van der Waals surface area contributed by atoms with Gasteiger partial charge in [-0.05, 0) is 15.4 Å². The Morgan fingerprint density at radius 3 is 1.62 bits per heavy atom. The predicted octanol–water partition coefficient (Wildman–Crippen LogP) is 9.20. The second kappa shape index (κ2) is 18.9. The molecule has 0 N–H and O–H groups in total. The molecule has 0 atom stereocenters. The quantitative estimate of drug-likeness (QED) is 0.155. The molecule has 0 amide bonds. The first-order valence-electron chi connectivity index (χ1n) is 13.0. The first-order valence-corrected chi connectivity index (χ1v) is 13.7. The van der Waals surface area contributed by atoms with Crippen LogP contribution in [-0.2, 0) is 21.7 Å². The number of unbranched alkanes of at least 4 members (excludes halogenated alkanes) is 2. The Bertz CT molecular complexity index is 1140. The second-order valence-electron chi connectivity index (χ2n) is 9.09. The molecule has 5 aromatic carbocycles. The van der Waals surface area contributed by atoms with Crippen LogP contribution in [0.4, 0.5) is 0 Å². The molecule has 0 radical (unpaired) electrons. The van der Waals surface area contributed by atoms with E-state index in [0.717, 1.165) is 6.42 Å². The molecule has 0 aliphatic rings. The average molecular weight is 539 g/mol. The van der Waals surface area contributed by atoms with Crippen molar-refractivity contribution < 1.29 is 21.7 Å². The van der Waals surface area contributed by atoms with Crippen molar-refractivity contribution in [3.8, 4) is 0 Å². The van der Waals surface area contributed by atoms with Crippen molar-refractivity contribution in [1.82, 2.24) is 0 Å². The van der Waals surface area contributed by atoms with E-state index in [1.165, 1.54) is 62.7 Å². The summed E-state index contributed by atoms with van der Waals surface area (Å²) in [6.07, 6.45) is 6.88. The van der Waals surface area contributed by atoms with Gasteiger partial charge < -0.3 is 13.3 Å². The summed E-state index contributed by atoms with van der Waals surface area (Å²) in [6.45, 7) is 12.1. The number of aryl methyl sites for hydroxylation is 2. The van der Waals surface area contributed by atoms with E-state index < -0.39 is 0 Å². The molecule has 0 spiro atoms. The molecule has 0 aliphatic carbocycles. The minimum absolute atomic E-state index is 0. The predicted molar refractivity (Wildman–Crippen MR) is 167 cm³/mol.